The fourth-order valence-electron chi connectivity index (χ4n) is 3.37. The Morgan fingerprint density at radius 1 is 1.48 bits per heavy atom. The maximum atomic E-state index is 12.4. The number of thioether (sulfide) groups is 1. The van der Waals surface area contributed by atoms with Crippen molar-refractivity contribution in [3.8, 4) is 0 Å². The van der Waals surface area contributed by atoms with Crippen LogP contribution in [-0.4, -0.2) is 35.3 Å². The number of hydrogen-bond acceptors (Lipinski definition) is 5. The summed E-state index contributed by atoms with van der Waals surface area (Å²) < 4.78 is 2.12. The zero-order valence-electron chi connectivity index (χ0n) is 11.8. The number of carbonyl (C=O) groups is 1. The zero-order chi connectivity index (χ0) is 14.4. The lowest BCUT2D eigenvalue weighted by molar-refractivity contribution is 0.0931. The van der Waals surface area contributed by atoms with Crippen molar-refractivity contribution >= 4 is 39.2 Å². The summed E-state index contributed by atoms with van der Waals surface area (Å²) in [5.74, 6) is 0.0374. The molecule has 2 aliphatic rings. The minimum atomic E-state index is 0.0374. The molecule has 2 fully saturated rings. The molecule has 2 saturated heterocycles. The number of carbonyl (C=O) groups excluding carboxylic acids is 1. The number of nitrogens with zero attached hydrogens (tertiary/aromatic N) is 1. The number of nitrogens with one attached hydrogen (secondary N) is 2. The molecule has 1 aromatic heterocycles. The third-order valence-electron chi connectivity index (χ3n) is 4.42. The number of benzene rings is 1. The van der Waals surface area contributed by atoms with E-state index < -0.39 is 0 Å². The predicted molar refractivity (Wildman–Crippen MR) is 87.2 cm³/mol. The van der Waals surface area contributed by atoms with Crippen LogP contribution in [0.4, 0.5) is 0 Å². The van der Waals surface area contributed by atoms with Gasteiger partial charge in [0.2, 0.25) is 0 Å². The molecular formula is C15H17N3OS2. The van der Waals surface area contributed by atoms with E-state index in [1.54, 1.807) is 23.1 Å². The Hall–Kier alpha value is -1.11. The van der Waals surface area contributed by atoms with Crippen molar-refractivity contribution in [2.24, 2.45) is 0 Å². The van der Waals surface area contributed by atoms with Crippen molar-refractivity contribution in [3.05, 3.63) is 23.8 Å². The van der Waals surface area contributed by atoms with Crippen LogP contribution in [0, 0.1) is 0 Å². The first-order valence-electron chi connectivity index (χ1n) is 7.24. The van der Waals surface area contributed by atoms with Gasteiger partial charge in [0.05, 0.1) is 10.2 Å². The maximum Gasteiger partial charge on any atom is 0.251 e. The van der Waals surface area contributed by atoms with E-state index in [-0.39, 0.29) is 11.9 Å². The minimum absolute atomic E-state index is 0.0374. The quantitative estimate of drug-likeness (QED) is 0.854. The highest BCUT2D eigenvalue weighted by molar-refractivity contribution is 8.00. The van der Waals surface area contributed by atoms with Crippen molar-refractivity contribution in [2.45, 2.75) is 41.7 Å². The van der Waals surface area contributed by atoms with E-state index in [1.165, 1.54) is 12.8 Å². The lowest BCUT2D eigenvalue weighted by Gasteiger charge is -2.21. The predicted octanol–water partition coefficient (Wildman–Crippen LogP) is 2.64. The Morgan fingerprint density at radius 3 is 3.10 bits per heavy atom. The van der Waals surface area contributed by atoms with Crippen LogP contribution in [0.2, 0.25) is 0 Å². The number of thiazole rings is 1. The molecule has 1 amide bonds. The summed E-state index contributed by atoms with van der Waals surface area (Å²) in [5, 5.41) is 6.74. The molecule has 2 bridgehead atoms. The summed E-state index contributed by atoms with van der Waals surface area (Å²) in [6, 6.07) is 7.14. The number of hydrogen-bond donors (Lipinski definition) is 2. The molecule has 2 aliphatic heterocycles. The van der Waals surface area contributed by atoms with Gasteiger partial charge in [-0.2, -0.15) is 0 Å². The molecule has 21 heavy (non-hydrogen) atoms. The van der Waals surface area contributed by atoms with Crippen molar-refractivity contribution < 1.29 is 4.79 Å². The van der Waals surface area contributed by atoms with Crippen LogP contribution >= 0.6 is 23.1 Å². The first-order valence-corrected chi connectivity index (χ1v) is 9.28. The minimum Gasteiger partial charge on any atom is -0.348 e. The summed E-state index contributed by atoms with van der Waals surface area (Å²) in [4.78, 5) is 16.9. The largest absolute Gasteiger partial charge is 0.348 e. The highest BCUT2D eigenvalue weighted by Gasteiger charge is 2.39. The molecule has 2 N–H and O–H groups in total. The molecule has 0 spiro atoms. The lowest BCUT2D eigenvalue weighted by Crippen LogP contribution is -2.42. The van der Waals surface area contributed by atoms with E-state index in [1.807, 2.05) is 24.5 Å². The van der Waals surface area contributed by atoms with Gasteiger partial charge < -0.3 is 10.6 Å². The molecule has 3 heterocycles. The van der Waals surface area contributed by atoms with Gasteiger partial charge in [-0.1, -0.05) is 11.8 Å². The first-order chi connectivity index (χ1) is 10.2. The average molecular weight is 319 g/mol. The molecule has 4 nitrogen and oxygen atoms in total. The molecule has 0 radical (unpaired) electrons. The van der Waals surface area contributed by atoms with Crippen LogP contribution in [0.1, 0.15) is 29.6 Å². The highest BCUT2D eigenvalue weighted by atomic mass is 32.2. The van der Waals surface area contributed by atoms with E-state index in [9.17, 15) is 4.79 Å². The third-order valence-corrected chi connectivity index (χ3v) is 6.43. The Morgan fingerprint density at radius 2 is 2.38 bits per heavy atom. The molecule has 1 aromatic carbocycles. The van der Waals surface area contributed by atoms with Crippen molar-refractivity contribution in [3.63, 3.8) is 0 Å². The van der Waals surface area contributed by atoms with Crippen LogP contribution in [0.15, 0.2) is 22.5 Å². The van der Waals surface area contributed by atoms with Gasteiger partial charge in [-0.05, 0) is 43.7 Å². The zero-order valence-corrected chi connectivity index (χ0v) is 13.4. The maximum absolute atomic E-state index is 12.4. The van der Waals surface area contributed by atoms with Crippen LogP contribution in [0.3, 0.4) is 0 Å². The fourth-order valence-corrected chi connectivity index (χ4v) is 4.90. The molecule has 110 valence electrons. The van der Waals surface area contributed by atoms with Gasteiger partial charge >= 0.3 is 0 Å². The lowest BCUT2D eigenvalue weighted by atomic mass is 9.95. The Balaban J connectivity index is 1.53. The van der Waals surface area contributed by atoms with Crippen LogP contribution in [0.5, 0.6) is 0 Å². The Kier molecular flexibility index (Phi) is 3.40. The number of fused-ring (bicyclic) bond motifs is 3. The van der Waals surface area contributed by atoms with E-state index in [4.69, 9.17) is 0 Å². The molecule has 0 aliphatic carbocycles. The van der Waals surface area contributed by atoms with Gasteiger partial charge in [-0.3, -0.25) is 4.79 Å². The smallest absolute Gasteiger partial charge is 0.251 e. The van der Waals surface area contributed by atoms with E-state index in [0.717, 1.165) is 26.5 Å². The standard InChI is InChI=1S/C15H17N3OS2/c1-20-15-18-11-4-2-8(6-13(11)21-15)14(19)17-12-7-9-3-5-10(12)16-9/h2,4,6,9-10,12,16H,3,5,7H2,1H3,(H,17,19)/t9-,10+,12-/m1/s1. The Labute approximate surface area is 131 Å². The van der Waals surface area contributed by atoms with Gasteiger partial charge in [-0.25, -0.2) is 4.98 Å². The fraction of sp³-hybridized carbons (Fsp3) is 0.467. The monoisotopic (exact) mass is 319 g/mol. The molecule has 0 unspecified atom stereocenters. The molecule has 3 atom stereocenters. The van der Waals surface area contributed by atoms with Gasteiger partial charge in [0.15, 0.2) is 4.34 Å². The molecule has 0 saturated carbocycles. The van der Waals surface area contributed by atoms with E-state index in [0.29, 0.717) is 12.1 Å². The van der Waals surface area contributed by atoms with Crippen molar-refractivity contribution in [1.82, 2.24) is 15.6 Å². The van der Waals surface area contributed by atoms with Gasteiger partial charge in [0.25, 0.3) is 5.91 Å². The van der Waals surface area contributed by atoms with Crippen molar-refractivity contribution in [2.75, 3.05) is 6.26 Å². The molecule has 2 aromatic rings. The second-order valence-corrected chi connectivity index (χ2v) is 7.81. The summed E-state index contributed by atoms with van der Waals surface area (Å²) in [6.45, 7) is 0. The summed E-state index contributed by atoms with van der Waals surface area (Å²) >= 11 is 3.28. The number of amides is 1. The molecular weight excluding hydrogens is 302 g/mol. The van der Waals surface area contributed by atoms with E-state index >= 15 is 0 Å². The van der Waals surface area contributed by atoms with E-state index in [2.05, 4.69) is 15.6 Å². The van der Waals surface area contributed by atoms with Crippen LogP contribution < -0.4 is 10.6 Å². The summed E-state index contributed by atoms with van der Waals surface area (Å²) in [6.07, 6.45) is 5.52. The van der Waals surface area contributed by atoms with Crippen molar-refractivity contribution in [1.29, 1.82) is 0 Å². The highest BCUT2D eigenvalue weighted by Crippen LogP contribution is 2.30. The SMILES string of the molecule is CSc1nc2ccc(C(=O)N[C@@H]3C[C@H]4CC[C@@H]3N4)cc2s1. The topological polar surface area (TPSA) is 54.0 Å². The van der Waals surface area contributed by atoms with Gasteiger partial charge in [0.1, 0.15) is 0 Å². The average Bonchev–Trinajstić information content (AvgIpc) is 3.20. The molecule has 4 rings (SSSR count). The van der Waals surface area contributed by atoms with Crippen LogP contribution in [-0.2, 0) is 0 Å². The van der Waals surface area contributed by atoms with Gasteiger partial charge in [-0.15, -0.1) is 11.3 Å². The first kappa shape index (κ1) is 13.5. The second-order valence-electron chi connectivity index (χ2n) is 5.73. The normalized spacial score (nSPS) is 27.4. The second kappa shape index (κ2) is 5.26. The molecule has 6 heteroatoms. The van der Waals surface area contributed by atoms with Crippen LogP contribution in [0.25, 0.3) is 10.2 Å². The number of aromatic nitrogens is 1. The van der Waals surface area contributed by atoms with Gasteiger partial charge in [0, 0.05) is 23.7 Å². The third kappa shape index (κ3) is 2.45. The Bertz CT molecular complexity index is 699. The summed E-state index contributed by atoms with van der Waals surface area (Å²) in [7, 11) is 0. The summed E-state index contributed by atoms with van der Waals surface area (Å²) in [5.41, 5.74) is 1.71. The number of rotatable bonds is 3.